The van der Waals surface area contributed by atoms with Crippen LogP contribution in [0.2, 0.25) is 0 Å². The van der Waals surface area contributed by atoms with Gasteiger partial charge in [-0.2, -0.15) is 5.10 Å². The molecule has 2 aromatic carbocycles. The molecule has 0 saturated heterocycles. The van der Waals surface area contributed by atoms with Gasteiger partial charge in [0, 0.05) is 5.69 Å². The number of thioether (sulfide) groups is 1. The van der Waals surface area contributed by atoms with E-state index in [0.717, 1.165) is 34.1 Å². The van der Waals surface area contributed by atoms with Gasteiger partial charge in [-0.05, 0) is 29.8 Å². The van der Waals surface area contributed by atoms with Gasteiger partial charge in [-0.1, -0.05) is 42.1 Å². The fraction of sp³-hybridized carbons (Fsp3) is 0.111. The number of nitrogens with one attached hydrogen (secondary N) is 2. The molecule has 31 heavy (non-hydrogen) atoms. The second-order valence-corrected chi connectivity index (χ2v) is 6.81. The molecule has 0 spiro atoms. The summed E-state index contributed by atoms with van der Waals surface area (Å²) in [6.07, 6.45) is -3.19. The topological polar surface area (TPSA) is 119 Å². The van der Waals surface area contributed by atoms with E-state index >= 15 is 0 Å². The molecular weight excluding hydrogens is 435 g/mol. The Morgan fingerprint density at radius 3 is 2.55 bits per heavy atom. The summed E-state index contributed by atoms with van der Waals surface area (Å²) in [5.74, 6) is 5.22. The number of hydrogen-bond donors (Lipinski definition) is 3. The van der Waals surface area contributed by atoms with Crippen molar-refractivity contribution in [2.75, 3.05) is 22.3 Å². The molecule has 0 aliphatic carbocycles. The van der Waals surface area contributed by atoms with E-state index in [9.17, 15) is 18.0 Å². The lowest BCUT2D eigenvalue weighted by atomic mass is 10.2. The van der Waals surface area contributed by atoms with Crippen molar-refractivity contribution in [3.8, 4) is 5.75 Å². The lowest BCUT2D eigenvalue weighted by Gasteiger charge is -2.09. The molecule has 0 bridgehead atoms. The van der Waals surface area contributed by atoms with E-state index < -0.39 is 12.3 Å². The van der Waals surface area contributed by atoms with E-state index in [1.807, 2.05) is 30.3 Å². The summed E-state index contributed by atoms with van der Waals surface area (Å²) < 4.78 is 41.4. The van der Waals surface area contributed by atoms with E-state index in [1.165, 1.54) is 12.1 Å². The van der Waals surface area contributed by atoms with Gasteiger partial charge in [-0.15, -0.1) is 23.4 Å². The van der Waals surface area contributed by atoms with Gasteiger partial charge in [0.1, 0.15) is 5.75 Å². The number of hydrazone groups is 1. The second-order valence-electron chi connectivity index (χ2n) is 5.87. The van der Waals surface area contributed by atoms with Crippen molar-refractivity contribution in [3.05, 3.63) is 60.2 Å². The number of anilines is 2. The number of nitrogens with two attached hydrogens (primary N) is 1. The van der Waals surface area contributed by atoms with Gasteiger partial charge in [0.25, 0.3) is 5.95 Å². The number of aromatic nitrogens is 3. The summed E-state index contributed by atoms with van der Waals surface area (Å²) in [6.45, 7) is 0. The maximum absolute atomic E-state index is 12.2. The monoisotopic (exact) mass is 451 g/mol. The molecule has 0 radical (unpaired) electrons. The molecule has 9 nitrogen and oxygen atoms in total. The lowest BCUT2D eigenvalue weighted by molar-refractivity contribution is -0.274. The number of benzene rings is 2. The molecule has 0 fully saturated rings. The number of rotatable bonds is 8. The summed E-state index contributed by atoms with van der Waals surface area (Å²) in [4.78, 5) is 12.1. The highest BCUT2D eigenvalue weighted by Gasteiger charge is 2.30. The van der Waals surface area contributed by atoms with E-state index in [0.29, 0.717) is 5.69 Å². The van der Waals surface area contributed by atoms with Crippen molar-refractivity contribution in [1.82, 2.24) is 14.9 Å². The Morgan fingerprint density at radius 1 is 1.16 bits per heavy atom. The van der Waals surface area contributed by atoms with Crippen molar-refractivity contribution < 1.29 is 22.7 Å². The van der Waals surface area contributed by atoms with Gasteiger partial charge in [0.05, 0.1) is 12.0 Å². The summed E-state index contributed by atoms with van der Waals surface area (Å²) in [7, 11) is 0. The van der Waals surface area contributed by atoms with Crippen LogP contribution in [0.4, 0.5) is 24.8 Å². The Bertz CT molecular complexity index is 1040. The Balaban J connectivity index is 1.48. The van der Waals surface area contributed by atoms with E-state index in [1.54, 1.807) is 6.21 Å². The third-order valence-electron chi connectivity index (χ3n) is 3.55. The van der Waals surface area contributed by atoms with Gasteiger partial charge in [-0.3, -0.25) is 4.79 Å². The van der Waals surface area contributed by atoms with Crippen LogP contribution in [0.5, 0.6) is 5.75 Å². The lowest BCUT2D eigenvalue weighted by Crippen LogP contribution is -2.18. The number of amides is 1. The molecule has 162 valence electrons. The minimum absolute atomic E-state index is 0.0522. The van der Waals surface area contributed by atoms with Gasteiger partial charge < -0.3 is 15.9 Å². The van der Waals surface area contributed by atoms with Crippen LogP contribution in [0, 0.1) is 0 Å². The zero-order chi connectivity index (χ0) is 22.3. The molecule has 1 aromatic heterocycles. The Kier molecular flexibility index (Phi) is 6.97. The number of hydrogen-bond acceptors (Lipinski definition) is 8. The first-order chi connectivity index (χ1) is 14.8. The van der Waals surface area contributed by atoms with Crippen LogP contribution in [-0.4, -0.2) is 39.1 Å². The molecule has 0 atom stereocenters. The standard InChI is InChI=1S/C18H16F3N7O2S/c19-18(20,21)30-14-8-6-13(7-9-14)24-15(29)11-31-17-27-26-16(28(17)22)25-23-10-12-4-2-1-3-5-12/h1-10H,11,22H2,(H,24,29)(H,25,26)/b23-10+. The zero-order valence-electron chi connectivity index (χ0n) is 15.7. The summed E-state index contributed by atoms with van der Waals surface area (Å²) >= 11 is 1.02. The van der Waals surface area contributed by atoms with Crippen LogP contribution >= 0.6 is 11.8 Å². The Hall–Kier alpha value is -3.74. The van der Waals surface area contributed by atoms with Gasteiger partial charge in [-0.25, -0.2) is 10.1 Å². The minimum Gasteiger partial charge on any atom is -0.406 e. The third-order valence-corrected chi connectivity index (χ3v) is 4.49. The molecule has 4 N–H and O–H groups in total. The SMILES string of the molecule is Nn1c(N/N=C/c2ccccc2)nnc1SCC(=O)Nc1ccc(OC(F)(F)F)cc1. The molecule has 13 heteroatoms. The average Bonchev–Trinajstić information content (AvgIpc) is 3.07. The number of ether oxygens (including phenoxy) is 1. The second kappa shape index (κ2) is 9.84. The number of carbonyl (C=O) groups excluding carboxylic acids is 1. The molecule has 1 amide bonds. The molecule has 0 aliphatic rings. The van der Waals surface area contributed by atoms with Crippen molar-refractivity contribution in [2.45, 2.75) is 11.5 Å². The largest absolute Gasteiger partial charge is 0.573 e. The van der Waals surface area contributed by atoms with Gasteiger partial charge >= 0.3 is 6.36 Å². The highest BCUT2D eigenvalue weighted by molar-refractivity contribution is 7.99. The average molecular weight is 451 g/mol. The van der Waals surface area contributed by atoms with Gasteiger partial charge in [0.2, 0.25) is 11.1 Å². The van der Waals surface area contributed by atoms with Crippen LogP contribution in [0.1, 0.15) is 5.56 Å². The normalized spacial score (nSPS) is 11.5. The first-order valence-electron chi connectivity index (χ1n) is 8.63. The van der Waals surface area contributed by atoms with E-state index in [4.69, 9.17) is 5.84 Å². The number of carbonyl (C=O) groups is 1. The highest BCUT2D eigenvalue weighted by atomic mass is 32.2. The Morgan fingerprint density at radius 2 is 1.87 bits per heavy atom. The quantitative estimate of drug-likeness (QED) is 0.208. The van der Waals surface area contributed by atoms with Crippen molar-refractivity contribution in [2.24, 2.45) is 5.10 Å². The smallest absolute Gasteiger partial charge is 0.406 e. The predicted octanol–water partition coefficient (Wildman–Crippen LogP) is 3.07. The molecule has 0 aliphatic heterocycles. The van der Waals surface area contributed by atoms with Crippen LogP contribution < -0.4 is 21.3 Å². The number of halogens is 3. The highest BCUT2D eigenvalue weighted by Crippen LogP contribution is 2.24. The molecule has 0 unspecified atom stereocenters. The molecule has 3 rings (SSSR count). The fourth-order valence-corrected chi connectivity index (χ4v) is 2.88. The number of nitrogen functional groups attached to an aromatic ring is 1. The van der Waals surface area contributed by atoms with Crippen molar-refractivity contribution in [1.29, 1.82) is 0 Å². The van der Waals surface area contributed by atoms with Gasteiger partial charge in [0.15, 0.2) is 0 Å². The van der Waals surface area contributed by atoms with Crippen LogP contribution in [0.15, 0.2) is 64.9 Å². The molecule has 3 aromatic rings. The van der Waals surface area contributed by atoms with Crippen LogP contribution in [0.25, 0.3) is 0 Å². The molecule has 0 saturated carbocycles. The maximum atomic E-state index is 12.2. The first-order valence-corrected chi connectivity index (χ1v) is 9.62. The zero-order valence-corrected chi connectivity index (χ0v) is 16.5. The third kappa shape index (κ3) is 6.92. The fourth-order valence-electron chi connectivity index (χ4n) is 2.22. The number of alkyl halides is 3. The van der Waals surface area contributed by atoms with Crippen LogP contribution in [-0.2, 0) is 4.79 Å². The summed E-state index contributed by atoms with van der Waals surface area (Å²) in [5, 5.41) is 14.6. The van der Waals surface area contributed by atoms with E-state index in [-0.39, 0.29) is 22.6 Å². The van der Waals surface area contributed by atoms with Crippen molar-refractivity contribution >= 4 is 35.5 Å². The number of nitrogens with zero attached hydrogens (tertiary/aromatic N) is 4. The molecule has 1 heterocycles. The Labute approximate surface area is 178 Å². The molecular formula is C18H16F3N7O2S. The van der Waals surface area contributed by atoms with E-state index in [2.05, 4.69) is 30.8 Å². The predicted molar refractivity (Wildman–Crippen MR) is 110 cm³/mol. The first kappa shape index (κ1) is 22.0. The minimum atomic E-state index is -4.78. The van der Waals surface area contributed by atoms with Crippen LogP contribution in [0.3, 0.4) is 0 Å². The summed E-state index contributed by atoms with van der Waals surface area (Å²) in [6, 6.07) is 14.2. The van der Waals surface area contributed by atoms with Crippen molar-refractivity contribution in [3.63, 3.8) is 0 Å². The maximum Gasteiger partial charge on any atom is 0.573 e. The summed E-state index contributed by atoms with van der Waals surface area (Å²) in [5.41, 5.74) is 3.85.